The molecule has 0 saturated carbocycles. The molecule has 0 saturated heterocycles. The van der Waals surface area contributed by atoms with Gasteiger partial charge in [0, 0.05) is 6.21 Å². The SMILES string of the molecule is CC(N=Cc1cnc[nH]1)C(=O)O. The monoisotopic (exact) mass is 167 g/mol. The molecule has 0 aliphatic rings. The third-order valence-corrected chi connectivity index (χ3v) is 1.31. The van der Waals surface area contributed by atoms with Crippen molar-refractivity contribution in [3.8, 4) is 0 Å². The molecule has 5 nitrogen and oxygen atoms in total. The summed E-state index contributed by atoms with van der Waals surface area (Å²) in [6.07, 6.45) is 4.52. The van der Waals surface area contributed by atoms with E-state index in [1.165, 1.54) is 19.5 Å². The zero-order chi connectivity index (χ0) is 8.97. The smallest absolute Gasteiger partial charge is 0.328 e. The van der Waals surface area contributed by atoms with Gasteiger partial charge in [-0.05, 0) is 6.92 Å². The molecule has 0 radical (unpaired) electrons. The lowest BCUT2D eigenvalue weighted by Gasteiger charge is -1.95. The van der Waals surface area contributed by atoms with Crippen LogP contribution in [0.4, 0.5) is 0 Å². The molecule has 1 unspecified atom stereocenters. The summed E-state index contributed by atoms with van der Waals surface area (Å²) >= 11 is 0. The zero-order valence-corrected chi connectivity index (χ0v) is 6.56. The number of hydrogen-bond donors (Lipinski definition) is 2. The van der Waals surface area contributed by atoms with E-state index < -0.39 is 12.0 Å². The Balaban J connectivity index is 2.56. The highest BCUT2D eigenvalue weighted by Gasteiger charge is 2.06. The lowest BCUT2D eigenvalue weighted by atomic mass is 10.4. The summed E-state index contributed by atoms with van der Waals surface area (Å²) in [5, 5.41) is 8.47. The van der Waals surface area contributed by atoms with Crippen molar-refractivity contribution in [3.05, 3.63) is 18.2 Å². The molecule has 0 aliphatic carbocycles. The van der Waals surface area contributed by atoms with Crippen molar-refractivity contribution in [2.45, 2.75) is 13.0 Å². The van der Waals surface area contributed by atoms with Gasteiger partial charge in [-0.3, -0.25) is 4.99 Å². The highest BCUT2D eigenvalue weighted by atomic mass is 16.4. The summed E-state index contributed by atoms with van der Waals surface area (Å²) < 4.78 is 0. The maximum atomic E-state index is 10.3. The van der Waals surface area contributed by atoms with Crippen molar-refractivity contribution in [2.24, 2.45) is 4.99 Å². The largest absolute Gasteiger partial charge is 0.480 e. The minimum Gasteiger partial charge on any atom is -0.480 e. The number of carbonyl (C=O) groups is 1. The van der Waals surface area contributed by atoms with Gasteiger partial charge in [-0.25, -0.2) is 9.78 Å². The van der Waals surface area contributed by atoms with Gasteiger partial charge in [0.15, 0.2) is 0 Å². The number of aromatic nitrogens is 2. The van der Waals surface area contributed by atoms with Crippen LogP contribution in [0.15, 0.2) is 17.5 Å². The van der Waals surface area contributed by atoms with Crippen molar-refractivity contribution >= 4 is 12.2 Å². The third kappa shape index (κ3) is 2.19. The summed E-state index contributed by atoms with van der Waals surface area (Å²) in [6.45, 7) is 1.51. The quantitative estimate of drug-likeness (QED) is 0.635. The second kappa shape index (κ2) is 3.66. The van der Waals surface area contributed by atoms with Gasteiger partial charge in [0.25, 0.3) is 0 Å². The lowest BCUT2D eigenvalue weighted by molar-refractivity contribution is -0.137. The number of nitrogens with zero attached hydrogens (tertiary/aromatic N) is 2. The van der Waals surface area contributed by atoms with Gasteiger partial charge >= 0.3 is 5.97 Å². The predicted octanol–water partition coefficient (Wildman–Crippen LogP) is 0.302. The molecule has 0 bridgehead atoms. The van der Waals surface area contributed by atoms with E-state index in [-0.39, 0.29) is 0 Å². The van der Waals surface area contributed by atoms with E-state index in [9.17, 15) is 4.79 Å². The van der Waals surface area contributed by atoms with Crippen LogP contribution in [-0.4, -0.2) is 33.3 Å². The first-order valence-electron chi connectivity index (χ1n) is 3.44. The average Bonchev–Trinajstić information content (AvgIpc) is 2.51. The molecule has 64 valence electrons. The summed E-state index contributed by atoms with van der Waals surface area (Å²) in [7, 11) is 0. The maximum Gasteiger partial charge on any atom is 0.328 e. The molecule has 1 aromatic rings. The molecule has 2 N–H and O–H groups in total. The predicted molar refractivity (Wildman–Crippen MR) is 43.3 cm³/mol. The van der Waals surface area contributed by atoms with Gasteiger partial charge in [-0.1, -0.05) is 0 Å². The van der Waals surface area contributed by atoms with E-state index in [4.69, 9.17) is 5.11 Å². The summed E-state index contributed by atoms with van der Waals surface area (Å²) in [4.78, 5) is 20.6. The normalized spacial score (nSPS) is 13.4. The maximum absolute atomic E-state index is 10.3. The Labute approximate surface area is 69.2 Å². The highest BCUT2D eigenvalue weighted by molar-refractivity contribution is 5.81. The zero-order valence-electron chi connectivity index (χ0n) is 6.56. The van der Waals surface area contributed by atoms with Gasteiger partial charge in [0.05, 0.1) is 18.2 Å². The molecule has 0 fully saturated rings. The van der Waals surface area contributed by atoms with Crippen LogP contribution in [0.1, 0.15) is 12.6 Å². The van der Waals surface area contributed by atoms with Crippen LogP contribution < -0.4 is 0 Å². The lowest BCUT2D eigenvalue weighted by Crippen LogP contribution is -2.13. The fourth-order valence-corrected chi connectivity index (χ4v) is 0.593. The van der Waals surface area contributed by atoms with Gasteiger partial charge in [0.1, 0.15) is 6.04 Å². The third-order valence-electron chi connectivity index (χ3n) is 1.31. The van der Waals surface area contributed by atoms with Gasteiger partial charge in [-0.2, -0.15) is 0 Å². The van der Waals surface area contributed by atoms with E-state index >= 15 is 0 Å². The molecule has 0 spiro atoms. The van der Waals surface area contributed by atoms with Gasteiger partial charge in [0.2, 0.25) is 0 Å². The van der Waals surface area contributed by atoms with E-state index in [0.717, 1.165) is 0 Å². The fraction of sp³-hybridized carbons (Fsp3) is 0.286. The first-order valence-corrected chi connectivity index (χ1v) is 3.44. The Morgan fingerprint density at radius 2 is 2.67 bits per heavy atom. The van der Waals surface area contributed by atoms with Crippen LogP contribution in [0.3, 0.4) is 0 Å². The van der Waals surface area contributed by atoms with E-state index in [1.807, 2.05) is 0 Å². The molecule has 0 aliphatic heterocycles. The van der Waals surface area contributed by atoms with Crippen LogP contribution in [0.5, 0.6) is 0 Å². The molecule has 1 atom stereocenters. The average molecular weight is 167 g/mol. The van der Waals surface area contributed by atoms with Crippen LogP contribution in [0.2, 0.25) is 0 Å². The van der Waals surface area contributed by atoms with Crippen LogP contribution in [0, 0.1) is 0 Å². The number of nitrogens with one attached hydrogen (secondary N) is 1. The van der Waals surface area contributed by atoms with Crippen LogP contribution in [0.25, 0.3) is 0 Å². The van der Waals surface area contributed by atoms with E-state index in [0.29, 0.717) is 5.69 Å². The second-order valence-electron chi connectivity index (χ2n) is 2.30. The Kier molecular flexibility index (Phi) is 2.57. The van der Waals surface area contributed by atoms with Crippen LogP contribution in [-0.2, 0) is 4.79 Å². The molecule has 5 heteroatoms. The number of aliphatic imine (C=N–C) groups is 1. The van der Waals surface area contributed by atoms with Crippen molar-refractivity contribution in [3.63, 3.8) is 0 Å². The molecule has 1 rings (SSSR count). The fourth-order valence-electron chi connectivity index (χ4n) is 0.593. The summed E-state index contributed by atoms with van der Waals surface area (Å²) in [5.74, 6) is -0.939. The van der Waals surface area contributed by atoms with Gasteiger partial charge < -0.3 is 10.1 Å². The number of aromatic amines is 1. The number of carboxylic acid groups (broad SMARTS) is 1. The number of carboxylic acids is 1. The minimum absolute atomic E-state index is 0.697. The highest BCUT2D eigenvalue weighted by Crippen LogP contribution is 1.91. The van der Waals surface area contributed by atoms with E-state index in [2.05, 4.69) is 15.0 Å². The standard InChI is InChI=1S/C7H9N3O2/c1-5(7(11)12)9-3-6-2-8-4-10-6/h2-5H,1H3,(H,8,10)(H,11,12). The number of imidazole rings is 1. The molecule has 0 aromatic carbocycles. The molecule has 1 aromatic heterocycles. The topological polar surface area (TPSA) is 78.3 Å². The van der Waals surface area contributed by atoms with Crippen molar-refractivity contribution in [1.29, 1.82) is 0 Å². The molecule has 12 heavy (non-hydrogen) atoms. The molecular formula is C7H9N3O2. The molecule has 0 amide bonds. The Bertz CT molecular complexity index is 279. The summed E-state index contributed by atoms with van der Waals surface area (Å²) in [6, 6.07) is -0.715. The van der Waals surface area contributed by atoms with Crippen molar-refractivity contribution in [2.75, 3.05) is 0 Å². The minimum atomic E-state index is -0.939. The van der Waals surface area contributed by atoms with Gasteiger partial charge in [-0.15, -0.1) is 0 Å². The van der Waals surface area contributed by atoms with Crippen molar-refractivity contribution < 1.29 is 9.90 Å². The Hall–Kier alpha value is -1.65. The first kappa shape index (κ1) is 8.45. The molecule has 1 heterocycles. The number of H-pyrrole nitrogens is 1. The second-order valence-corrected chi connectivity index (χ2v) is 2.30. The number of aliphatic carboxylic acids is 1. The summed E-state index contributed by atoms with van der Waals surface area (Å²) in [5.41, 5.74) is 0.697. The van der Waals surface area contributed by atoms with Crippen LogP contribution >= 0.6 is 0 Å². The van der Waals surface area contributed by atoms with E-state index in [1.54, 1.807) is 6.20 Å². The Morgan fingerprint density at radius 1 is 1.92 bits per heavy atom. The Morgan fingerprint density at radius 3 is 3.17 bits per heavy atom. The number of rotatable bonds is 3. The first-order chi connectivity index (χ1) is 5.70. The number of hydrogen-bond acceptors (Lipinski definition) is 3. The van der Waals surface area contributed by atoms with Crippen molar-refractivity contribution in [1.82, 2.24) is 9.97 Å². The molecular weight excluding hydrogens is 158 g/mol.